The van der Waals surface area contributed by atoms with E-state index in [0.29, 0.717) is 5.02 Å². The van der Waals surface area contributed by atoms with Crippen molar-refractivity contribution in [1.82, 2.24) is 0 Å². The van der Waals surface area contributed by atoms with Crippen LogP contribution in [0.15, 0.2) is 102 Å². The molecule has 0 spiro atoms. The Balaban J connectivity index is 1.98. The molecule has 0 saturated heterocycles. The zero-order chi connectivity index (χ0) is 19.1. The van der Waals surface area contributed by atoms with Gasteiger partial charge < -0.3 is 4.74 Å². The molecule has 4 aromatic rings. The van der Waals surface area contributed by atoms with Gasteiger partial charge in [-0.3, -0.25) is 0 Å². The zero-order valence-electron chi connectivity index (χ0n) is 14.9. The van der Waals surface area contributed by atoms with Gasteiger partial charge in [-0.2, -0.15) is 0 Å². The average Bonchev–Trinajstić information content (AvgIpc) is 2.73. The number of halogens is 2. The predicted molar refractivity (Wildman–Crippen MR) is 118 cm³/mol. The minimum absolute atomic E-state index is 0.528. The van der Waals surface area contributed by atoms with Gasteiger partial charge in [0.25, 0.3) is 0 Å². The molecule has 136 valence electrons. The minimum atomic E-state index is -0.528. The highest BCUT2D eigenvalue weighted by Gasteiger charge is 2.45. The van der Waals surface area contributed by atoms with Crippen LogP contribution in [0.3, 0.4) is 0 Å². The van der Waals surface area contributed by atoms with Crippen LogP contribution in [0, 0.1) is 0 Å². The SMILES string of the molecule is Clc1cccc(C2(c3ccccc3)c3ccccc3Oc3ccc(Br)cc32)c1. The van der Waals surface area contributed by atoms with E-state index in [-0.39, 0.29) is 0 Å². The molecule has 28 heavy (non-hydrogen) atoms. The van der Waals surface area contributed by atoms with Crippen LogP contribution in [0.2, 0.25) is 5.02 Å². The van der Waals surface area contributed by atoms with E-state index in [1.165, 1.54) is 5.56 Å². The molecule has 0 radical (unpaired) electrons. The molecule has 1 unspecified atom stereocenters. The molecule has 1 aliphatic rings. The molecule has 0 N–H and O–H groups in total. The Bertz CT molecular complexity index is 1170. The first kappa shape index (κ1) is 17.5. The average molecular weight is 448 g/mol. The molecule has 0 aromatic heterocycles. The first-order valence-corrected chi connectivity index (χ1v) is 10.3. The maximum Gasteiger partial charge on any atom is 0.132 e. The van der Waals surface area contributed by atoms with E-state index >= 15 is 0 Å². The second-order valence-corrected chi connectivity index (χ2v) is 8.22. The molecule has 1 nitrogen and oxygen atoms in total. The highest BCUT2D eigenvalue weighted by atomic mass is 79.9. The molecule has 1 heterocycles. The monoisotopic (exact) mass is 446 g/mol. The lowest BCUT2D eigenvalue weighted by atomic mass is 9.64. The fourth-order valence-electron chi connectivity index (χ4n) is 4.21. The summed E-state index contributed by atoms with van der Waals surface area (Å²) in [6.07, 6.45) is 0. The third-order valence-electron chi connectivity index (χ3n) is 5.32. The number of ether oxygens (including phenoxy) is 1. The van der Waals surface area contributed by atoms with Gasteiger partial charge in [0.05, 0.1) is 5.41 Å². The summed E-state index contributed by atoms with van der Waals surface area (Å²) in [7, 11) is 0. The highest BCUT2D eigenvalue weighted by Crippen LogP contribution is 2.55. The number of hydrogen-bond acceptors (Lipinski definition) is 1. The lowest BCUT2D eigenvalue weighted by Crippen LogP contribution is -2.34. The smallest absolute Gasteiger partial charge is 0.132 e. The standard InChI is InChI=1S/C25H16BrClO/c26-19-13-14-24-22(16-19)25(17-7-2-1-3-8-17,18-9-6-10-20(27)15-18)21-11-4-5-12-23(21)28-24/h1-16H. The normalized spacial score (nSPS) is 17.4. The van der Waals surface area contributed by atoms with Gasteiger partial charge in [0.1, 0.15) is 11.5 Å². The largest absolute Gasteiger partial charge is 0.457 e. The van der Waals surface area contributed by atoms with Gasteiger partial charge in [0, 0.05) is 20.6 Å². The number of benzene rings is 4. The summed E-state index contributed by atoms with van der Waals surface area (Å²) in [6, 6.07) is 33.1. The van der Waals surface area contributed by atoms with E-state index in [2.05, 4.69) is 70.5 Å². The molecule has 0 fully saturated rings. The summed E-state index contributed by atoms with van der Waals surface area (Å²) in [4.78, 5) is 0. The van der Waals surface area contributed by atoms with Crippen LogP contribution in [-0.2, 0) is 5.41 Å². The van der Waals surface area contributed by atoms with Gasteiger partial charge in [0.15, 0.2) is 0 Å². The summed E-state index contributed by atoms with van der Waals surface area (Å²) in [5.74, 6) is 1.71. The molecule has 4 aromatic carbocycles. The molecular weight excluding hydrogens is 432 g/mol. The van der Waals surface area contributed by atoms with E-state index in [1.54, 1.807) is 0 Å². The van der Waals surface area contributed by atoms with Crippen LogP contribution >= 0.6 is 27.5 Å². The van der Waals surface area contributed by atoms with E-state index in [0.717, 1.165) is 32.7 Å². The van der Waals surface area contributed by atoms with Gasteiger partial charge in [-0.15, -0.1) is 0 Å². The van der Waals surface area contributed by atoms with Crippen LogP contribution in [0.5, 0.6) is 11.5 Å². The Kier molecular flexibility index (Phi) is 4.26. The maximum absolute atomic E-state index is 6.46. The molecule has 1 aliphatic heterocycles. The molecule has 0 bridgehead atoms. The molecular formula is C25H16BrClO. The van der Waals surface area contributed by atoms with Crippen molar-refractivity contribution in [2.24, 2.45) is 0 Å². The molecule has 0 saturated carbocycles. The number of fused-ring (bicyclic) bond motifs is 2. The summed E-state index contributed by atoms with van der Waals surface area (Å²) in [5.41, 5.74) is 3.96. The maximum atomic E-state index is 6.46. The quantitative estimate of drug-likeness (QED) is 0.271. The van der Waals surface area contributed by atoms with Crippen molar-refractivity contribution in [2.75, 3.05) is 0 Å². The summed E-state index contributed by atoms with van der Waals surface area (Å²) >= 11 is 10.1. The van der Waals surface area contributed by atoms with Crippen molar-refractivity contribution in [3.8, 4) is 11.5 Å². The van der Waals surface area contributed by atoms with Gasteiger partial charge in [-0.05, 0) is 47.5 Å². The van der Waals surface area contributed by atoms with Gasteiger partial charge in [-0.25, -0.2) is 0 Å². The van der Waals surface area contributed by atoms with Crippen molar-refractivity contribution in [3.05, 3.63) is 129 Å². The number of para-hydroxylation sites is 1. The topological polar surface area (TPSA) is 9.23 Å². The molecule has 0 aliphatic carbocycles. The van der Waals surface area contributed by atoms with Crippen LogP contribution < -0.4 is 4.74 Å². The van der Waals surface area contributed by atoms with Crippen molar-refractivity contribution < 1.29 is 4.74 Å². The lowest BCUT2D eigenvalue weighted by Gasteiger charge is -2.41. The Morgan fingerprint density at radius 2 is 1.36 bits per heavy atom. The predicted octanol–water partition coefficient (Wildman–Crippen LogP) is 7.59. The van der Waals surface area contributed by atoms with Crippen LogP contribution in [0.25, 0.3) is 0 Å². The highest BCUT2D eigenvalue weighted by molar-refractivity contribution is 9.10. The second kappa shape index (κ2) is 6.80. The minimum Gasteiger partial charge on any atom is -0.457 e. The fourth-order valence-corrected chi connectivity index (χ4v) is 4.76. The molecule has 5 rings (SSSR count). The first-order chi connectivity index (χ1) is 13.7. The Morgan fingerprint density at radius 3 is 2.18 bits per heavy atom. The fraction of sp³-hybridized carbons (Fsp3) is 0.0400. The molecule has 0 amide bonds. The molecule has 3 heteroatoms. The van der Waals surface area contributed by atoms with Crippen molar-refractivity contribution in [1.29, 1.82) is 0 Å². The van der Waals surface area contributed by atoms with Crippen molar-refractivity contribution in [2.45, 2.75) is 5.41 Å². The Labute approximate surface area is 177 Å². The summed E-state index contributed by atoms with van der Waals surface area (Å²) in [6.45, 7) is 0. The number of hydrogen-bond donors (Lipinski definition) is 0. The third-order valence-corrected chi connectivity index (χ3v) is 6.05. The van der Waals surface area contributed by atoms with Crippen LogP contribution in [-0.4, -0.2) is 0 Å². The van der Waals surface area contributed by atoms with Crippen LogP contribution in [0.1, 0.15) is 22.3 Å². The van der Waals surface area contributed by atoms with Crippen LogP contribution in [0.4, 0.5) is 0 Å². The van der Waals surface area contributed by atoms with Crippen molar-refractivity contribution in [3.63, 3.8) is 0 Å². The Morgan fingerprint density at radius 1 is 0.643 bits per heavy atom. The van der Waals surface area contributed by atoms with E-state index in [4.69, 9.17) is 16.3 Å². The third kappa shape index (κ3) is 2.60. The number of rotatable bonds is 2. The van der Waals surface area contributed by atoms with Gasteiger partial charge in [-0.1, -0.05) is 88.2 Å². The second-order valence-electron chi connectivity index (χ2n) is 6.87. The zero-order valence-corrected chi connectivity index (χ0v) is 17.2. The molecule has 1 atom stereocenters. The van der Waals surface area contributed by atoms with Crippen molar-refractivity contribution >= 4 is 27.5 Å². The first-order valence-electron chi connectivity index (χ1n) is 9.08. The van der Waals surface area contributed by atoms with E-state index < -0.39 is 5.41 Å². The van der Waals surface area contributed by atoms with Gasteiger partial charge in [0.2, 0.25) is 0 Å². The van der Waals surface area contributed by atoms with Gasteiger partial charge >= 0.3 is 0 Å². The summed E-state index contributed by atoms with van der Waals surface area (Å²) < 4.78 is 7.32. The summed E-state index contributed by atoms with van der Waals surface area (Å²) in [5, 5.41) is 0.716. The Hall–Kier alpha value is -2.55. The lowest BCUT2D eigenvalue weighted by molar-refractivity contribution is 0.434. The van der Waals surface area contributed by atoms with E-state index in [9.17, 15) is 0 Å². The van der Waals surface area contributed by atoms with E-state index in [1.807, 2.05) is 42.5 Å².